The van der Waals surface area contributed by atoms with Crippen LogP contribution in [0.2, 0.25) is 0 Å². The quantitative estimate of drug-likeness (QED) is 0.419. The minimum absolute atomic E-state index is 0.284. The number of rotatable bonds is 5. The number of ether oxygens (including phenoxy) is 1. The van der Waals surface area contributed by atoms with E-state index in [4.69, 9.17) is 4.74 Å². The van der Waals surface area contributed by atoms with Crippen molar-refractivity contribution < 1.29 is 9.53 Å². The molecule has 7 nitrogen and oxygen atoms in total. The van der Waals surface area contributed by atoms with Crippen LogP contribution in [0.1, 0.15) is 31.1 Å². The van der Waals surface area contributed by atoms with E-state index in [1.54, 1.807) is 12.5 Å². The van der Waals surface area contributed by atoms with Gasteiger partial charge in [0.15, 0.2) is 5.82 Å². The Hall–Kier alpha value is -4.13. The zero-order chi connectivity index (χ0) is 22.9. The molecule has 0 bridgehead atoms. The lowest BCUT2D eigenvalue weighted by atomic mass is 9.98. The first-order valence-corrected chi connectivity index (χ1v) is 10.8. The van der Waals surface area contributed by atoms with Crippen LogP contribution in [-0.2, 0) is 16.0 Å². The fraction of sp³-hybridized carbons (Fsp3) is 0.192. The van der Waals surface area contributed by atoms with Crippen molar-refractivity contribution >= 4 is 12.0 Å². The van der Waals surface area contributed by atoms with Gasteiger partial charge in [0.2, 0.25) is 0 Å². The monoisotopic (exact) mass is 437 g/mol. The Morgan fingerprint density at radius 2 is 1.79 bits per heavy atom. The van der Waals surface area contributed by atoms with Gasteiger partial charge in [-0.3, -0.25) is 9.97 Å². The van der Waals surface area contributed by atoms with E-state index in [0.29, 0.717) is 12.0 Å². The van der Waals surface area contributed by atoms with Gasteiger partial charge in [0, 0.05) is 58.9 Å². The van der Waals surface area contributed by atoms with Crippen LogP contribution in [0.5, 0.6) is 0 Å². The minimum atomic E-state index is -0.320. The molecule has 0 aliphatic heterocycles. The summed E-state index contributed by atoms with van der Waals surface area (Å²) in [6, 6.07) is 12.6. The lowest BCUT2D eigenvalue weighted by Gasteiger charge is -2.11. The van der Waals surface area contributed by atoms with Crippen molar-refractivity contribution in [1.29, 1.82) is 0 Å². The number of aromatic nitrogens is 5. The van der Waals surface area contributed by atoms with Crippen molar-refractivity contribution in [2.24, 2.45) is 0 Å². The predicted molar refractivity (Wildman–Crippen MR) is 126 cm³/mol. The van der Waals surface area contributed by atoms with Gasteiger partial charge in [-0.05, 0) is 43.2 Å². The number of esters is 1. The molecule has 0 radical (unpaired) electrons. The molecule has 0 unspecified atom stereocenters. The fourth-order valence-electron chi connectivity index (χ4n) is 4.12. The van der Waals surface area contributed by atoms with Gasteiger partial charge < -0.3 is 9.30 Å². The summed E-state index contributed by atoms with van der Waals surface area (Å²) in [6.07, 6.45) is 9.57. The largest absolute Gasteiger partial charge is 0.466 e. The summed E-state index contributed by atoms with van der Waals surface area (Å²) in [5, 5.41) is 8.34. The number of carbonyl (C=O) groups is 1. The molecule has 0 saturated heterocycles. The third-order valence-corrected chi connectivity index (χ3v) is 5.85. The maximum absolute atomic E-state index is 12.0. The molecule has 5 rings (SSSR count). The summed E-state index contributed by atoms with van der Waals surface area (Å²) in [7, 11) is 1.39. The van der Waals surface area contributed by atoms with Gasteiger partial charge in [-0.2, -0.15) is 0 Å². The number of fused-ring (bicyclic) bond motifs is 1. The molecule has 33 heavy (non-hydrogen) atoms. The van der Waals surface area contributed by atoms with Gasteiger partial charge in [0.05, 0.1) is 12.8 Å². The van der Waals surface area contributed by atoms with Crippen molar-refractivity contribution in [1.82, 2.24) is 24.7 Å². The average Bonchev–Trinajstić information content (AvgIpc) is 3.51. The predicted octanol–water partition coefficient (Wildman–Crippen LogP) is 4.76. The van der Waals surface area contributed by atoms with E-state index in [9.17, 15) is 4.79 Å². The molecule has 3 aromatic heterocycles. The number of methoxy groups -OCH3 is 1. The second-order valence-corrected chi connectivity index (χ2v) is 8.25. The van der Waals surface area contributed by atoms with Crippen LogP contribution in [-0.4, -0.2) is 37.8 Å². The zero-order valence-electron chi connectivity index (χ0n) is 18.7. The molecule has 3 heterocycles. The highest BCUT2D eigenvalue weighted by Gasteiger charge is 2.23. The Morgan fingerprint density at radius 3 is 2.55 bits per heavy atom. The van der Waals surface area contributed by atoms with E-state index < -0.39 is 0 Å². The van der Waals surface area contributed by atoms with Crippen LogP contribution in [0.3, 0.4) is 0 Å². The first-order valence-electron chi connectivity index (χ1n) is 10.8. The summed E-state index contributed by atoms with van der Waals surface area (Å²) < 4.78 is 6.94. The van der Waals surface area contributed by atoms with Gasteiger partial charge in [-0.1, -0.05) is 24.3 Å². The Bertz CT molecular complexity index is 1370. The summed E-state index contributed by atoms with van der Waals surface area (Å²) in [6.45, 7) is 4.22. The lowest BCUT2D eigenvalue weighted by Crippen LogP contribution is -2.04. The molecule has 4 aromatic rings. The van der Waals surface area contributed by atoms with Crippen LogP contribution in [0.25, 0.3) is 39.7 Å². The molecule has 1 aliphatic carbocycles. The normalized spacial score (nSPS) is 12.5. The number of hydrogen-bond donors (Lipinski definition) is 0. The molecule has 164 valence electrons. The second kappa shape index (κ2) is 8.43. The van der Waals surface area contributed by atoms with E-state index in [2.05, 4.69) is 68.9 Å². The molecule has 0 N–H and O–H groups in total. The summed E-state index contributed by atoms with van der Waals surface area (Å²) in [5.41, 5.74) is 7.47. The van der Waals surface area contributed by atoms with Gasteiger partial charge >= 0.3 is 5.97 Å². The van der Waals surface area contributed by atoms with Crippen molar-refractivity contribution in [3.05, 3.63) is 78.1 Å². The zero-order valence-corrected chi connectivity index (χ0v) is 18.7. The molecule has 0 spiro atoms. The highest BCUT2D eigenvalue weighted by molar-refractivity contribution is 5.98. The number of benzene rings is 1. The summed E-state index contributed by atoms with van der Waals surface area (Å²) in [4.78, 5) is 20.9. The highest BCUT2D eigenvalue weighted by atomic mass is 16.5. The molecule has 0 amide bonds. The number of hydrogen-bond acceptors (Lipinski definition) is 6. The molecule has 0 saturated carbocycles. The first-order chi connectivity index (χ1) is 16.0. The fourth-order valence-corrected chi connectivity index (χ4v) is 4.12. The van der Waals surface area contributed by atoms with Gasteiger partial charge in [-0.15, -0.1) is 10.2 Å². The number of nitrogens with zero attached hydrogens (tertiary/aromatic N) is 5. The Morgan fingerprint density at radius 1 is 1.03 bits per heavy atom. The van der Waals surface area contributed by atoms with E-state index in [1.165, 1.54) is 7.11 Å². The van der Waals surface area contributed by atoms with Crippen molar-refractivity contribution in [3.8, 4) is 33.6 Å². The SMILES string of the molecule is COC(=O)C1=Cc2c(-c3cncc(-c4ccc(-c5nncn5C(C)C)cc4)c3)ccnc2C1. The van der Waals surface area contributed by atoms with Crippen molar-refractivity contribution in [2.45, 2.75) is 26.3 Å². The van der Waals surface area contributed by atoms with Gasteiger partial charge in [0.1, 0.15) is 6.33 Å². The first kappa shape index (κ1) is 20.8. The van der Waals surface area contributed by atoms with Crippen molar-refractivity contribution in [2.75, 3.05) is 7.11 Å². The average molecular weight is 438 g/mol. The van der Waals surface area contributed by atoms with Crippen molar-refractivity contribution in [3.63, 3.8) is 0 Å². The van der Waals surface area contributed by atoms with E-state index >= 15 is 0 Å². The third-order valence-electron chi connectivity index (χ3n) is 5.85. The molecular weight excluding hydrogens is 414 g/mol. The molecular formula is C26H23N5O2. The van der Waals surface area contributed by atoms with Gasteiger partial charge in [0.25, 0.3) is 0 Å². The minimum Gasteiger partial charge on any atom is -0.466 e. The molecule has 7 heteroatoms. The Balaban J connectivity index is 1.48. The molecule has 1 aliphatic rings. The van der Waals surface area contributed by atoms with Crippen LogP contribution in [0.15, 0.2) is 66.9 Å². The van der Waals surface area contributed by atoms with Crippen LogP contribution in [0.4, 0.5) is 0 Å². The van der Waals surface area contributed by atoms with E-state index in [0.717, 1.165) is 44.9 Å². The topological polar surface area (TPSA) is 82.8 Å². The maximum Gasteiger partial charge on any atom is 0.334 e. The summed E-state index contributed by atoms with van der Waals surface area (Å²) in [5.74, 6) is 0.531. The second-order valence-electron chi connectivity index (χ2n) is 8.25. The smallest absolute Gasteiger partial charge is 0.334 e. The maximum atomic E-state index is 12.0. The molecule has 0 atom stereocenters. The molecule has 1 aromatic carbocycles. The summed E-state index contributed by atoms with van der Waals surface area (Å²) >= 11 is 0. The highest BCUT2D eigenvalue weighted by Crippen LogP contribution is 2.34. The van der Waals surface area contributed by atoms with Crippen LogP contribution in [0, 0.1) is 0 Å². The third kappa shape index (κ3) is 3.82. The molecule has 0 fully saturated rings. The van der Waals surface area contributed by atoms with Crippen LogP contribution < -0.4 is 0 Å². The van der Waals surface area contributed by atoms with Crippen LogP contribution >= 0.6 is 0 Å². The standard InChI is InChI=1S/C26H23N5O2/c1-16(2)31-15-29-30-25(31)18-6-4-17(5-7-18)20-10-21(14-27-13-20)22-8-9-28-24-12-19(11-23(22)24)26(32)33-3/h4-11,13-16H,12H2,1-3H3. The Kier molecular flexibility index (Phi) is 5.30. The number of pyridine rings is 2. The lowest BCUT2D eigenvalue weighted by molar-refractivity contribution is -0.136. The van der Waals surface area contributed by atoms with E-state index in [-0.39, 0.29) is 12.0 Å². The number of carbonyl (C=O) groups excluding carboxylic acids is 1. The van der Waals surface area contributed by atoms with E-state index in [1.807, 2.05) is 24.5 Å². The Labute approximate surface area is 191 Å². The van der Waals surface area contributed by atoms with Gasteiger partial charge in [-0.25, -0.2) is 4.79 Å².